The van der Waals surface area contributed by atoms with Gasteiger partial charge in [0, 0.05) is 38.4 Å². The Morgan fingerprint density at radius 2 is 1.54 bits per heavy atom. The van der Waals surface area contributed by atoms with Crippen LogP contribution in [0.3, 0.4) is 0 Å². The van der Waals surface area contributed by atoms with Gasteiger partial charge in [0.05, 0.1) is 10.9 Å². The van der Waals surface area contributed by atoms with Crippen LogP contribution >= 0.6 is 0 Å². The second-order valence-corrected chi connectivity index (χ2v) is 9.24. The first kappa shape index (κ1) is 19.1. The lowest BCUT2D eigenvalue weighted by Gasteiger charge is -2.38. The molecule has 6 nitrogen and oxygen atoms in total. The van der Waals surface area contributed by atoms with Crippen LogP contribution in [0.25, 0.3) is 0 Å². The van der Waals surface area contributed by atoms with Gasteiger partial charge in [-0.05, 0) is 37.1 Å². The number of rotatable bonds is 4. The van der Waals surface area contributed by atoms with Gasteiger partial charge in [-0.1, -0.05) is 36.4 Å². The number of amides is 1. The highest BCUT2D eigenvalue weighted by Crippen LogP contribution is 2.28. The molecule has 1 saturated heterocycles. The van der Waals surface area contributed by atoms with Crippen molar-refractivity contribution in [3.05, 3.63) is 60.2 Å². The van der Waals surface area contributed by atoms with E-state index < -0.39 is 10.0 Å². The largest absolute Gasteiger partial charge is 0.310 e. The molecule has 0 saturated carbocycles. The summed E-state index contributed by atoms with van der Waals surface area (Å²) in [5.74, 6) is 0.0873. The van der Waals surface area contributed by atoms with Crippen molar-refractivity contribution in [2.75, 3.05) is 37.6 Å². The maximum atomic E-state index is 13.1. The Morgan fingerprint density at radius 1 is 0.893 bits per heavy atom. The summed E-state index contributed by atoms with van der Waals surface area (Å²) in [4.78, 5) is 17.3. The van der Waals surface area contributed by atoms with Crippen molar-refractivity contribution >= 4 is 21.6 Å². The van der Waals surface area contributed by atoms with Crippen LogP contribution in [-0.4, -0.2) is 62.3 Å². The minimum atomic E-state index is -3.48. The number of nitrogens with zero attached hydrogens (tertiary/aromatic N) is 3. The summed E-state index contributed by atoms with van der Waals surface area (Å²) < 4.78 is 27.1. The highest BCUT2D eigenvalue weighted by molar-refractivity contribution is 7.89. The Kier molecular flexibility index (Phi) is 5.23. The predicted octanol–water partition coefficient (Wildman–Crippen LogP) is 1.97. The number of carbonyl (C=O) groups is 1. The molecule has 7 heteroatoms. The molecule has 0 aromatic heterocycles. The quantitative estimate of drug-likeness (QED) is 0.789. The van der Waals surface area contributed by atoms with E-state index in [1.54, 1.807) is 30.3 Å². The molecule has 148 valence electrons. The molecule has 1 fully saturated rings. The second kappa shape index (κ2) is 7.66. The van der Waals surface area contributed by atoms with Crippen LogP contribution in [0, 0.1) is 0 Å². The Balaban J connectivity index is 1.41. The van der Waals surface area contributed by atoms with E-state index in [0.717, 1.165) is 12.1 Å². The minimum absolute atomic E-state index is 0.0873. The molecule has 2 heterocycles. The number of anilines is 1. The zero-order valence-electron chi connectivity index (χ0n) is 16.0. The molecular formula is C21H25N3O3S. The molecular weight excluding hydrogens is 374 g/mol. The van der Waals surface area contributed by atoms with Gasteiger partial charge in [-0.3, -0.25) is 9.69 Å². The Morgan fingerprint density at radius 3 is 2.25 bits per heavy atom. The smallest absolute Gasteiger partial charge is 0.244 e. The fourth-order valence-electron chi connectivity index (χ4n) is 4.02. The lowest BCUT2D eigenvalue weighted by atomic mass is 10.1. The monoisotopic (exact) mass is 399 g/mol. The molecule has 0 N–H and O–H groups in total. The Hall–Kier alpha value is -2.22. The molecule has 2 aliphatic heterocycles. The van der Waals surface area contributed by atoms with Crippen molar-refractivity contribution in [3.63, 3.8) is 0 Å². The second-order valence-electron chi connectivity index (χ2n) is 7.30. The lowest BCUT2D eigenvalue weighted by Crippen LogP contribution is -2.55. The molecule has 0 radical (unpaired) electrons. The molecule has 4 rings (SSSR count). The van der Waals surface area contributed by atoms with Crippen molar-refractivity contribution in [3.8, 4) is 0 Å². The van der Waals surface area contributed by atoms with E-state index in [2.05, 4.69) is 11.0 Å². The van der Waals surface area contributed by atoms with Gasteiger partial charge in [0.2, 0.25) is 15.9 Å². The SMILES string of the molecule is C[C@@H](C(=O)N1CCc2ccccc21)N1CCN(S(=O)(=O)c2ccccc2)CC1. The maximum absolute atomic E-state index is 13.1. The predicted molar refractivity (Wildman–Crippen MR) is 109 cm³/mol. The van der Waals surface area contributed by atoms with Crippen molar-refractivity contribution in [1.82, 2.24) is 9.21 Å². The Bertz CT molecular complexity index is 954. The number of benzene rings is 2. The zero-order chi connectivity index (χ0) is 19.7. The van der Waals surface area contributed by atoms with Gasteiger partial charge in [-0.25, -0.2) is 8.42 Å². The van der Waals surface area contributed by atoms with Gasteiger partial charge in [-0.2, -0.15) is 4.31 Å². The van der Waals surface area contributed by atoms with E-state index in [0.29, 0.717) is 37.6 Å². The summed E-state index contributed by atoms with van der Waals surface area (Å²) in [5.41, 5.74) is 2.21. The molecule has 0 unspecified atom stereocenters. The van der Waals surface area contributed by atoms with Crippen LogP contribution in [0.4, 0.5) is 5.69 Å². The van der Waals surface area contributed by atoms with Crippen molar-refractivity contribution in [1.29, 1.82) is 0 Å². The van der Waals surface area contributed by atoms with Crippen LogP contribution < -0.4 is 4.90 Å². The summed E-state index contributed by atoms with van der Waals surface area (Å²) >= 11 is 0. The first-order valence-corrected chi connectivity index (χ1v) is 11.1. The first-order valence-electron chi connectivity index (χ1n) is 9.67. The van der Waals surface area contributed by atoms with E-state index >= 15 is 0 Å². The first-order chi connectivity index (χ1) is 13.5. The fraction of sp³-hybridized carbons (Fsp3) is 0.381. The molecule has 2 aromatic carbocycles. The molecule has 2 aliphatic rings. The van der Waals surface area contributed by atoms with E-state index in [-0.39, 0.29) is 11.9 Å². The summed E-state index contributed by atoms with van der Waals surface area (Å²) in [5, 5.41) is 0. The molecule has 0 bridgehead atoms. The summed E-state index contributed by atoms with van der Waals surface area (Å²) in [7, 11) is -3.48. The van der Waals surface area contributed by atoms with Gasteiger partial charge < -0.3 is 4.90 Å². The third-order valence-electron chi connectivity index (χ3n) is 5.71. The van der Waals surface area contributed by atoms with Gasteiger partial charge in [0.1, 0.15) is 0 Å². The molecule has 0 spiro atoms. The highest BCUT2D eigenvalue weighted by Gasteiger charge is 2.34. The van der Waals surface area contributed by atoms with Gasteiger partial charge in [0.15, 0.2) is 0 Å². The number of hydrogen-bond acceptors (Lipinski definition) is 4. The number of piperazine rings is 1. The number of fused-ring (bicyclic) bond motifs is 1. The topological polar surface area (TPSA) is 60.9 Å². The molecule has 0 aliphatic carbocycles. The number of carbonyl (C=O) groups excluding carboxylic acids is 1. The van der Waals surface area contributed by atoms with E-state index in [1.807, 2.05) is 30.0 Å². The summed E-state index contributed by atoms with van der Waals surface area (Å²) in [6.45, 7) is 4.52. The van der Waals surface area contributed by atoms with Crippen LogP contribution in [0.1, 0.15) is 12.5 Å². The number of hydrogen-bond donors (Lipinski definition) is 0. The standard InChI is InChI=1S/C21H25N3O3S/c1-17(21(25)24-12-11-18-7-5-6-10-20(18)24)22-13-15-23(16-14-22)28(26,27)19-8-3-2-4-9-19/h2-10,17H,11-16H2,1H3/t17-/m0/s1. The van der Waals surface area contributed by atoms with Crippen LogP contribution in [0.5, 0.6) is 0 Å². The van der Waals surface area contributed by atoms with Crippen LogP contribution in [-0.2, 0) is 21.2 Å². The zero-order valence-corrected chi connectivity index (χ0v) is 16.8. The minimum Gasteiger partial charge on any atom is -0.310 e. The molecule has 28 heavy (non-hydrogen) atoms. The van der Waals surface area contributed by atoms with Crippen molar-refractivity contribution < 1.29 is 13.2 Å². The number of sulfonamides is 1. The van der Waals surface area contributed by atoms with Gasteiger partial charge in [-0.15, -0.1) is 0 Å². The molecule has 2 aromatic rings. The van der Waals surface area contributed by atoms with Crippen LogP contribution in [0.15, 0.2) is 59.5 Å². The average molecular weight is 400 g/mol. The Labute approximate surface area is 166 Å². The van der Waals surface area contributed by atoms with Crippen LogP contribution in [0.2, 0.25) is 0 Å². The van der Waals surface area contributed by atoms with Gasteiger partial charge >= 0.3 is 0 Å². The van der Waals surface area contributed by atoms with E-state index in [1.165, 1.54) is 9.87 Å². The lowest BCUT2D eigenvalue weighted by molar-refractivity contribution is -0.123. The maximum Gasteiger partial charge on any atom is 0.244 e. The highest BCUT2D eigenvalue weighted by atomic mass is 32.2. The van der Waals surface area contributed by atoms with Crippen molar-refractivity contribution in [2.24, 2.45) is 0 Å². The third-order valence-corrected chi connectivity index (χ3v) is 7.63. The summed E-state index contributed by atoms with van der Waals surface area (Å²) in [6.07, 6.45) is 0.887. The molecule has 1 amide bonds. The van der Waals surface area contributed by atoms with E-state index in [9.17, 15) is 13.2 Å². The third kappa shape index (κ3) is 3.45. The molecule has 1 atom stereocenters. The average Bonchev–Trinajstić information content (AvgIpc) is 3.17. The fourth-order valence-corrected chi connectivity index (χ4v) is 5.46. The van der Waals surface area contributed by atoms with Crippen molar-refractivity contribution in [2.45, 2.75) is 24.3 Å². The normalized spacial score (nSPS) is 19.4. The summed E-state index contributed by atoms with van der Waals surface area (Å²) in [6, 6.07) is 16.3. The van der Waals surface area contributed by atoms with Gasteiger partial charge in [0.25, 0.3) is 0 Å². The van der Waals surface area contributed by atoms with E-state index in [4.69, 9.17) is 0 Å². The number of para-hydroxylation sites is 1.